The Kier molecular flexibility index (Phi) is 5.69. The van der Waals surface area contributed by atoms with Crippen molar-refractivity contribution < 1.29 is 4.79 Å². The van der Waals surface area contributed by atoms with Crippen LogP contribution < -0.4 is 0 Å². The van der Waals surface area contributed by atoms with Crippen LogP contribution in [0.1, 0.15) is 58.3 Å². The molecule has 1 atom stereocenters. The largest absolute Gasteiger partial charge is 0.299 e. The monoisotopic (exact) mass is 274 g/mol. The van der Waals surface area contributed by atoms with Gasteiger partial charge >= 0.3 is 0 Å². The van der Waals surface area contributed by atoms with Crippen molar-refractivity contribution in [3.8, 4) is 0 Å². The lowest BCUT2D eigenvalue weighted by Crippen LogP contribution is -2.29. The number of hydrogen-bond donors (Lipinski definition) is 0. The summed E-state index contributed by atoms with van der Waals surface area (Å²) in [5.41, 5.74) is 1.22. The Morgan fingerprint density at radius 3 is 2.65 bits per heavy atom. The Balaban J connectivity index is 1.92. The molecule has 3 heteroatoms. The minimum atomic E-state index is 0.252. The number of unbranched alkanes of at least 4 members (excludes halogenated alkanes) is 1. The summed E-state index contributed by atoms with van der Waals surface area (Å²) in [5.74, 6) is 1.99. The number of aliphatic imine (C=N–C) groups is 2. The SMILES string of the molecule is CCC/C=N\C(=N/C)C1=CCC(C(=O)C2CCC2)CC1. The number of amidine groups is 1. The van der Waals surface area contributed by atoms with Crippen LogP contribution in [0.4, 0.5) is 0 Å². The molecule has 0 spiro atoms. The summed E-state index contributed by atoms with van der Waals surface area (Å²) in [6.07, 6.45) is 12.5. The molecule has 0 amide bonds. The fourth-order valence-corrected chi connectivity index (χ4v) is 2.89. The average Bonchev–Trinajstić information content (AvgIpc) is 2.42. The summed E-state index contributed by atoms with van der Waals surface area (Å²) < 4.78 is 0. The van der Waals surface area contributed by atoms with Crippen LogP contribution in [0.3, 0.4) is 0 Å². The molecule has 0 bridgehead atoms. The lowest BCUT2D eigenvalue weighted by atomic mass is 9.74. The molecule has 0 heterocycles. The summed E-state index contributed by atoms with van der Waals surface area (Å²) in [7, 11) is 1.80. The zero-order chi connectivity index (χ0) is 14.4. The maximum atomic E-state index is 12.2. The average molecular weight is 274 g/mol. The van der Waals surface area contributed by atoms with Crippen LogP contribution in [-0.2, 0) is 4.79 Å². The molecule has 0 aromatic rings. The molecule has 110 valence electrons. The van der Waals surface area contributed by atoms with Crippen molar-refractivity contribution in [1.82, 2.24) is 0 Å². The van der Waals surface area contributed by atoms with Gasteiger partial charge < -0.3 is 0 Å². The van der Waals surface area contributed by atoms with Crippen molar-refractivity contribution in [2.75, 3.05) is 7.05 Å². The third-order valence-electron chi connectivity index (χ3n) is 4.45. The standard InChI is InChI=1S/C17H26N2O/c1-3-4-12-19-17(18-2)15-10-8-14(9-11-15)16(20)13-6-5-7-13/h10,12-14H,3-9,11H2,1-2H3/b18-17-,19-12-. The second-order valence-electron chi connectivity index (χ2n) is 5.88. The maximum absolute atomic E-state index is 12.2. The highest BCUT2D eigenvalue weighted by Gasteiger charge is 2.32. The van der Waals surface area contributed by atoms with E-state index in [4.69, 9.17) is 0 Å². The highest BCUT2D eigenvalue weighted by molar-refractivity contribution is 6.02. The number of rotatable bonds is 5. The molecule has 2 aliphatic rings. The predicted octanol–water partition coefficient (Wildman–Crippen LogP) is 3.98. The minimum absolute atomic E-state index is 0.252. The second-order valence-corrected chi connectivity index (χ2v) is 5.88. The Morgan fingerprint density at radius 2 is 2.15 bits per heavy atom. The molecule has 0 saturated heterocycles. The van der Waals surface area contributed by atoms with E-state index in [2.05, 4.69) is 23.0 Å². The van der Waals surface area contributed by atoms with E-state index in [0.29, 0.717) is 11.7 Å². The van der Waals surface area contributed by atoms with Crippen LogP contribution >= 0.6 is 0 Å². The van der Waals surface area contributed by atoms with Gasteiger partial charge in [0.1, 0.15) is 11.6 Å². The molecule has 0 aliphatic heterocycles. The van der Waals surface area contributed by atoms with E-state index < -0.39 is 0 Å². The number of allylic oxidation sites excluding steroid dienone is 1. The first kappa shape index (κ1) is 15.1. The Labute approximate surface area is 122 Å². The summed E-state index contributed by atoms with van der Waals surface area (Å²) in [5, 5.41) is 0. The molecule has 0 aromatic heterocycles. The summed E-state index contributed by atoms with van der Waals surface area (Å²) in [4.78, 5) is 21.0. The Bertz CT molecular complexity index is 430. The van der Waals surface area contributed by atoms with Crippen LogP contribution in [0.5, 0.6) is 0 Å². The van der Waals surface area contributed by atoms with E-state index in [0.717, 1.165) is 50.8 Å². The van der Waals surface area contributed by atoms with Crippen LogP contribution in [0.25, 0.3) is 0 Å². The first-order chi connectivity index (χ1) is 9.76. The van der Waals surface area contributed by atoms with E-state index in [1.54, 1.807) is 7.05 Å². The van der Waals surface area contributed by atoms with E-state index >= 15 is 0 Å². The molecular formula is C17H26N2O. The van der Waals surface area contributed by atoms with Gasteiger partial charge in [-0.2, -0.15) is 0 Å². The van der Waals surface area contributed by atoms with Crippen LogP contribution in [0.15, 0.2) is 21.6 Å². The normalized spacial score (nSPS) is 24.6. The summed E-state index contributed by atoms with van der Waals surface area (Å²) >= 11 is 0. The van der Waals surface area contributed by atoms with E-state index in [-0.39, 0.29) is 5.92 Å². The topological polar surface area (TPSA) is 41.8 Å². The van der Waals surface area contributed by atoms with E-state index in [9.17, 15) is 4.79 Å². The smallest absolute Gasteiger partial charge is 0.149 e. The van der Waals surface area contributed by atoms with Crippen molar-refractivity contribution in [2.24, 2.45) is 21.8 Å². The third-order valence-corrected chi connectivity index (χ3v) is 4.45. The van der Waals surface area contributed by atoms with Gasteiger partial charge in [0, 0.05) is 25.1 Å². The van der Waals surface area contributed by atoms with E-state index in [1.165, 1.54) is 12.0 Å². The number of Topliss-reactive ketones (excluding diaryl/α,β-unsaturated/α-hetero) is 1. The third kappa shape index (κ3) is 3.65. The molecule has 1 saturated carbocycles. The Morgan fingerprint density at radius 1 is 1.35 bits per heavy atom. The molecule has 0 radical (unpaired) electrons. The zero-order valence-corrected chi connectivity index (χ0v) is 12.8. The van der Waals surface area contributed by atoms with Crippen molar-refractivity contribution in [2.45, 2.75) is 58.3 Å². The van der Waals surface area contributed by atoms with Crippen LogP contribution in [-0.4, -0.2) is 24.9 Å². The van der Waals surface area contributed by atoms with Crippen LogP contribution in [0.2, 0.25) is 0 Å². The maximum Gasteiger partial charge on any atom is 0.149 e. The van der Waals surface area contributed by atoms with Crippen molar-refractivity contribution in [3.05, 3.63) is 11.6 Å². The molecule has 0 aromatic carbocycles. The quantitative estimate of drug-likeness (QED) is 0.552. The highest BCUT2D eigenvalue weighted by atomic mass is 16.1. The number of hydrogen-bond acceptors (Lipinski definition) is 2. The number of ketones is 1. The lowest BCUT2D eigenvalue weighted by Gasteiger charge is -2.29. The molecule has 2 rings (SSSR count). The Hall–Kier alpha value is -1.25. The molecule has 20 heavy (non-hydrogen) atoms. The van der Waals surface area contributed by atoms with Crippen molar-refractivity contribution in [3.63, 3.8) is 0 Å². The first-order valence-corrected chi connectivity index (χ1v) is 7.98. The predicted molar refractivity (Wildman–Crippen MR) is 84.5 cm³/mol. The fraction of sp³-hybridized carbons (Fsp3) is 0.706. The van der Waals surface area contributed by atoms with Crippen LogP contribution in [0, 0.1) is 11.8 Å². The van der Waals surface area contributed by atoms with Gasteiger partial charge in [0.25, 0.3) is 0 Å². The van der Waals surface area contributed by atoms with Gasteiger partial charge in [0.05, 0.1) is 0 Å². The van der Waals surface area contributed by atoms with Gasteiger partial charge in [-0.25, -0.2) is 4.99 Å². The number of carbonyl (C=O) groups excluding carboxylic acids is 1. The van der Waals surface area contributed by atoms with Gasteiger partial charge in [-0.15, -0.1) is 0 Å². The van der Waals surface area contributed by atoms with Gasteiger partial charge in [-0.05, 0) is 44.1 Å². The molecule has 1 fully saturated rings. The van der Waals surface area contributed by atoms with Gasteiger partial charge in [-0.1, -0.05) is 25.8 Å². The number of nitrogens with zero attached hydrogens (tertiary/aromatic N) is 2. The lowest BCUT2D eigenvalue weighted by molar-refractivity contribution is -0.129. The number of carbonyl (C=O) groups is 1. The highest BCUT2D eigenvalue weighted by Crippen LogP contribution is 2.34. The van der Waals surface area contributed by atoms with Gasteiger partial charge in [-0.3, -0.25) is 9.79 Å². The molecular weight excluding hydrogens is 248 g/mol. The first-order valence-electron chi connectivity index (χ1n) is 7.98. The summed E-state index contributed by atoms with van der Waals surface area (Å²) in [6, 6.07) is 0. The zero-order valence-electron chi connectivity index (χ0n) is 12.8. The fourth-order valence-electron chi connectivity index (χ4n) is 2.89. The van der Waals surface area contributed by atoms with Gasteiger partial charge in [0.2, 0.25) is 0 Å². The summed E-state index contributed by atoms with van der Waals surface area (Å²) in [6.45, 7) is 2.14. The van der Waals surface area contributed by atoms with Crippen molar-refractivity contribution >= 4 is 17.8 Å². The molecule has 3 nitrogen and oxygen atoms in total. The molecule has 0 N–H and O–H groups in total. The van der Waals surface area contributed by atoms with E-state index in [1.807, 2.05) is 6.21 Å². The van der Waals surface area contributed by atoms with Gasteiger partial charge in [0.15, 0.2) is 0 Å². The van der Waals surface area contributed by atoms with Crippen molar-refractivity contribution in [1.29, 1.82) is 0 Å². The second kappa shape index (κ2) is 7.51. The molecule has 2 aliphatic carbocycles. The minimum Gasteiger partial charge on any atom is -0.299 e. The molecule has 1 unspecified atom stereocenters.